The summed E-state index contributed by atoms with van der Waals surface area (Å²) in [4.78, 5) is 0. The summed E-state index contributed by atoms with van der Waals surface area (Å²) in [5.74, 6) is 2.06. The Labute approximate surface area is 119 Å². The minimum Gasteiger partial charge on any atom is -0.493 e. The van der Waals surface area contributed by atoms with Crippen molar-refractivity contribution in [3.05, 3.63) is 54.1 Å². The summed E-state index contributed by atoms with van der Waals surface area (Å²) in [5, 5.41) is 0. The van der Waals surface area contributed by atoms with E-state index in [-0.39, 0.29) is 0 Å². The van der Waals surface area contributed by atoms with Crippen molar-refractivity contribution in [1.29, 1.82) is 0 Å². The van der Waals surface area contributed by atoms with Gasteiger partial charge in [0.1, 0.15) is 19.0 Å². The molecule has 0 aliphatic rings. The minimum atomic E-state index is 0.459. The third kappa shape index (κ3) is 3.90. The van der Waals surface area contributed by atoms with Gasteiger partial charge in [-0.2, -0.15) is 0 Å². The van der Waals surface area contributed by atoms with Gasteiger partial charge >= 0.3 is 0 Å². The average molecular weight is 273 g/mol. The Kier molecular flexibility index (Phi) is 5.26. The van der Waals surface area contributed by atoms with Gasteiger partial charge in [-0.15, -0.1) is 0 Å². The molecular formula is C16H19NO3. The highest BCUT2D eigenvalue weighted by molar-refractivity contribution is 5.45. The van der Waals surface area contributed by atoms with Crippen LogP contribution in [0.4, 0.5) is 0 Å². The molecule has 0 aliphatic heterocycles. The number of rotatable bonds is 7. The molecule has 4 heteroatoms. The molecule has 0 saturated heterocycles. The number of hydrogen-bond donors (Lipinski definition) is 1. The second-order valence-corrected chi connectivity index (χ2v) is 4.22. The first-order chi connectivity index (χ1) is 9.83. The van der Waals surface area contributed by atoms with Crippen molar-refractivity contribution in [2.24, 2.45) is 5.73 Å². The number of nitrogens with two attached hydrogens (primary N) is 1. The second-order valence-electron chi connectivity index (χ2n) is 4.22. The van der Waals surface area contributed by atoms with Crippen LogP contribution in [0.15, 0.2) is 48.5 Å². The molecule has 0 bridgehead atoms. The lowest BCUT2D eigenvalue weighted by Crippen LogP contribution is -2.11. The van der Waals surface area contributed by atoms with Gasteiger partial charge in [-0.3, -0.25) is 0 Å². The minimum absolute atomic E-state index is 0.459. The van der Waals surface area contributed by atoms with Crippen LogP contribution in [0.2, 0.25) is 0 Å². The van der Waals surface area contributed by atoms with Crippen molar-refractivity contribution < 1.29 is 14.2 Å². The van der Waals surface area contributed by atoms with Gasteiger partial charge in [0.25, 0.3) is 0 Å². The van der Waals surface area contributed by atoms with Crippen molar-refractivity contribution in [3.63, 3.8) is 0 Å². The van der Waals surface area contributed by atoms with Crippen molar-refractivity contribution in [3.8, 4) is 17.2 Å². The zero-order valence-corrected chi connectivity index (χ0v) is 11.5. The summed E-state index contributed by atoms with van der Waals surface area (Å²) < 4.78 is 16.5. The largest absolute Gasteiger partial charge is 0.493 e. The smallest absolute Gasteiger partial charge is 0.164 e. The maximum Gasteiger partial charge on any atom is 0.164 e. The molecule has 4 nitrogen and oxygen atoms in total. The third-order valence-corrected chi connectivity index (χ3v) is 2.76. The standard InChI is InChI=1S/C16H19NO3/c1-18-16-11-14(7-8-15(16)19-10-9-17)20-12-13-5-3-2-4-6-13/h2-8,11H,9-10,12,17H2,1H3. The lowest BCUT2D eigenvalue weighted by Gasteiger charge is -2.12. The number of benzene rings is 2. The van der Waals surface area contributed by atoms with E-state index < -0.39 is 0 Å². The molecule has 2 N–H and O–H groups in total. The van der Waals surface area contributed by atoms with Crippen LogP contribution >= 0.6 is 0 Å². The Hall–Kier alpha value is -2.20. The molecule has 106 valence electrons. The van der Waals surface area contributed by atoms with Gasteiger partial charge in [0.15, 0.2) is 11.5 Å². The fourth-order valence-electron chi connectivity index (χ4n) is 1.77. The van der Waals surface area contributed by atoms with Crippen LogP contribution in [-0.2, 0) is 6.61 Å². The Morgan fingerprint density at radius 1 is 0.950 bits per heavy atom. The fraction of sp³-hybridized carbons (Fsp3) is 0.250. The van der Waals surface area contributed by atoms with Crippen LogP contribution < -0.4 is 19.9 Å². The van der Waals surface area contributed by atoms with Gasteiger partial charge in [0.2, 0.25) is 0 Å². The van der Waals surface area contributed by atoms with E-state index in [9.17, 15) is 0 Å². The monoisotopic (exact) mass is 273 g/mol. The molecule has 0 radical (unpaired) electrons. The Morgan fingerprint density at radius 2 is 1.75 bits per heavy atom. The SMILES string of the molecule is COc1cc(OCc2ccccc2)ccc1OCCN. The number of hydrogen-bond acceptors (Lipinski definition) is 4. The molecule has 0 aromatic heterocycles. The Morgan fingerprint density at radius 3 is 2.45 bits per heavy atom. The zero-order chi connectivity index (χ0) is 14.2. The summed E-state index contributed by atoms with van der Waals surface area (Å²) in [6, 6.07) is 15.5. The highest BCUT2D eigenvalue weighted by Crippen LogP contribution is 2.31. The maximum atomic E-state index is 5.73. The molecule has 0 fully saturated rings. The molecule has 0 heterocycles. The molecule has 20 heavy (non-hydrogen) atoms. The molecule has 0 saturated carbocycles. The predicted octanol–water partition coefficient (Wildman–Crippen LogP) is 2.61. The molecule has 2 rings (SSSR count). The van der Waals surface area contributed by atoms with Gasteiger partial charge in [-0.05, 0) is 17.7 Å². The first-order valence-corrected chi connectivity index (χ1v) is 6.51. The summed E-state index contributed by atoms with van der Waals surface area (Å²) in [5.41, 5.74) is 6.54. The average Bonchev–Trinajstić information content (AvgIpc) is 2.52. The molecule has 0 atom stereocenters. The summed E-state index contributed by atoms with van der Waals surface area (Å²) in [6.45, 7) is 1.45. The summed E-state index contributed by atoms with van der Waals surface area (Å²) in [6.07, 6.45) is 0. The normalized spacial score (nSPS) is 10.1. The molecule has 0 spiro atoms. The van der Waals surface area contributed by atoms with Crippen LogP contribution in [0.25, 0.3) is 0 Å². The van der Waals surface area contributed by atoms with E-state index in [1.54, 1.807) is 7.11 Å². The number of ether oxygens (including phenoxy) is 3. The fourth-order valence-corrected chi connectivity index (χ4v) is 1.77. The van der Waals surface area contributed by atoms with Crippen molar-refractivity contribution in [2.45, 2.75) is 6.61 Å². The van der Waals surface area contributed by atoms with E-state index in [0.29, 0.717) is 31.3 Å². The third-order valence-electron chi connectivity index (χ3n) is 2.76. The lowest BCUT2D eigenvalue weighted by atomic mass is 10.2. The predicted molar refractivity (Wildman–Crippen MR) is 78.3 cm³/mol. The van der Waals surface area contributed by atoms with Gasteiger partial charge in [0, 0.05) is 12.6 Å². The van der Waals surface area contributed by atoms with E-state index in [0.717, 1.165) is 11.3 Å². The Balaban J connectivity index is 2.02. The molecule has 0 unspecified atom stereocenters. The van der Waals surface area contributed by atoms with E-state index in [2.05, 4.69) is 0 Å². The lowest BCUT2D eigenvalue weighted by molar-refractivity contribution is 0.289. The molecule has 0 amide bonds. The summed E-state index contributed by atoms with van der Waals surface area (Å²) >= 11 is 0. The topological polar surface area (TPSA) is 53.7 Å². The maximum absolute atomic E-state index is 5.73. The van der Waals surface area contributed by atoms with Crippen LogP contribution in [0.3, 0.4) is 0 Å². The van der Waals surface area contributed by atoms with Crippen LogP contribution in [0.1, 0.15) is 5.56 Å². The van der Waals surface area contributed by atoms with Gasteiger partial charge < -0.3 is 19.9 Å². The van der Waals surface area contributed by atoms with Crippen LogP contribution in [0, 0.1) is 0 Å². The van der Waals surface area contributed by atoms with E-state index in [1.165, 1.54) is 0 Å². The van der Waals surface area contributed by atoms with Gasteiger partial charge in [-0.1, -0.05) is 30.3 Å². The number of methoxy groups -OCH3 is 1. The first kappa shape index (κ1) is 14.2. The van der Waals surface area contributed by atoms with E-state index in [1.807, 2.05) is 48.5 Å². The van der Waals surface area contributed by atoms with Crippen LogP contribution in [0.5, 0.6) is 17.2 Å². The van der Waals surface area contributed by atoms with E-state index >= 15 is 0 Å². The summed E-state index contributed by atoms with van der Waals surface area (Å²) in [7, 11) is 1.60. The molecular weight excluding hydrogens is 254 g/mol. The van der Waals surface area contributed by atoms with Gasteiger partial charge in [-0.25, -0.2) is 0 Å². The molecule has 2 aromatic carbocycles. The Bertz CT molecular complexity index is 529. The van der Waals surface area contributed by atoms with E-state index in [4.69, 9.17) is 19.9 Å². The molecule has 2 aromatic rings. The quantitative estimate of drug-likeness (QED) is 0.842. The highest BCUT2D eigenvalue weighted by atomic mass is 16.5. The first-order valence-electron chi connectivity index (χ1n) is 6.51. The highest BCUT2D eigenvalue weighted by Gasteiger charge is 2.06. The van der Waals surface area contributed by atoms with Gasteiger partial charge in [0.05, 0.1) is 7.11 Å². The second kappa shape index (κ2) is 7.40. The van der Waals surface area contributed by atoms with Crippen LogP contribution in [-0.4, -0.2) is 20.3 Å². The van der Waals surface area contributed by atoms with Crippen molar-refractivity contribution in [1.82, 2.24) is 0 Å². The van der Waals surface area contributed by atoms with Crippen molar-refractivity contribution in [2.75, 3.05) is 20.3 Å². The molecule has 0 aliphatic carbocycles. The zero-order valence-electron chi connectivity index (χ0n) is 11.5. The van der Waals surface area contributed by atoms with Crippen molar-refractivity contribution >= 4 is 0 Å².